The predicted octanol–water partition coefficient (Wildman–Crippen LogP) is 1.84. The van der Waals surface area contributed by atoms with Gasteiger partial charge in [-0.15, -0.1) is 0 Å². The van der Waals surface area contributed by atoms with Crippen LogP contribution >= 0.6 is 0 Å². The zero-order valence-corrected chi connectivity index (χ0v) is 11.6. The van der Waals surface area contributed by atoms with Gasteiger partial charge < -0.3 is 15.3 Å². The molecule has 1 atom stereocenters. The molecule has 5 heteroatoms. The van der Waals surface area contributed by atoms with Crippen molar-refractivity contribution in [1.82, 2.24) is 5.32 Å². The monoisotopic (exact) mass is 268 g/mol. The van der Waals surface area contributed by atoms with Gasteiger partial charge in [0.05, 0.1) is 12.6 Å². The largest absolute Gasteiger partial charge is 0.389 e. The van der Waals surface area contributed by atoms with Crippen molar-refractivity contribution in [3.05, 3.63) is 29.6 Å². The van der Waals surface area contributed by atoms with Crippen LogP contribution in [0.1, 0.15) is 31.9 Å². The Morgan fingerprint density at radius 3 is 2.74 bits per heavy atom. The Kier molecular flexibility index (Phi) is 5.76. The second kappa shape index (κ2) is 7.09. The zero-order chi connectivity index (χ0) is 14.4. The number of hydrogen-bond donors (Lipinski definition) is 2. The molecule has 0 bridgehead atoms. The number of amides is 1. The highest BCUT2D eigenvalue weighted by molar-refractivity contribution is 5.81. The molecule has 0 aliphatic rings. The number of halogens is 1. The molecule has 0 unspecified atom stereocenters. The number of anilines is 1. The van der Waals surface area contributed by atoms with Crippen molar-refractivity contribution in [3.63, 3.8) is 0 Å². The van der Waals surface area contributed by atoms with E-state index in [0.717, 1.165) is 6.42 Å². The molecule has 0 saturated carbocycles. The summed E-state index contributed by atoms with van der Waals surface area (Å²) >= 11 is 0. The molecule has 0 aromatic heterocycles. The van der Waals surface area contributed by atoms with Crippen LogP contribution < -0.4 is 10.2 Å². The molecule has 0 aliphatic carbocycles. The average Bonchev–Trinajstić information content (AvgIpc) is 2.38. The minimum absolute atomic E-state index is 0.116. The summed E-state index contributed by atoms with van der Waals surface area (Å²) in [6, 6.07) is 4.26. The predicted molar refractivity (Wildman–Crippen MR) is 73.6 cm³/mol. The number of carbonyl (C=O) groups excluding carboxylic acids is 1. The van der Waals surface area contributed by atoms with Gasteiger partial charge in [-0.1, -0.05) is 6.92 Å². The van der Waals surface area contributed by atoms with E-state index in [-0.39, 0.29) is 12.5 Å². The summed E-state index contributed by atoms with van der Waals surface area (Å²) in [7, 11) is 1.58. The maximum Gasteiger partial charge on any atom is 0.239 e. The number of aliphatic hydroxyl groups is 1. The SMILES string of the molecule is CCCN(CC(=O)NC)c1ccc(F)cc1[C@@H](C)O. The molecule has 0 aliphatic heterocycles. The third kappa shape index (κ3) is 4.21. The standard InChI is InChI=1S/C14H21FN2O2/c1-4-7-17(9-14(19)16-3)13-6-5-11(15)8-12(13)10(2)18/h5-6,8,10,18H,4,7,9H2,1-3H3,(H,16,19)/t10-/m1/s1. The van der Waals surface area contributed by atoms with Crippen LogP contribution in [-0.2, 0) is 4.79 Å². The first-order valence-electron chi connectivity index (χ1n) is 6.42. The van der Waals surface area contributed by atoms with Gasteiger partial charge in [-0.05, 0) is 31.5 Å². The minimum Gasteiger partial charge on any atom is -0.389 e. The van der Waals surface area contributed by atoms with Gasteiger partial charge in [0, 0.05) is 24.8 Å². The van der Waals surface area contributed by atoms with Crippen molar-refractivity contribution in [2.24, 2.45) is 0 Å². The van der Waals surface area contributed by atoms with E-state index in [1.807, 2.05) is 11.8 Å². The number of hydrogen-bond acceptors (Lipinski definition) is 3. The van der Waals surface area contributed by atoms with E-state index in [0.29, 0.717) is 17.8 Å². The molecular weight excluding hydrogens is 247 g/mol. The normalized spacial score (nSPS) is 12.1. The van der Waals surface area contributed by atoms with Crippen LogP contribution in [0.25, 0.3) is 0 Å². The van der Waals surface area contributed by atoms with E-state index in [1.54, 1.807) is 20.0 Å². The summed E-state index contributed by atoms with van der Waals surface area (Å²) in [6.07, 6.45) is 0.0721. The summed E-state index contributed by atoms with van der Waals surface area (Å²) in [5.74, 6) is -0.509. The van der Waals surface area contributed by atoms with Crippen molar-refractivity contribution < 1.29 is 14.3 Å². The van der Waals surface area contributed by atoms with Gasteiger partial charge in [-0.25, -0.2) is 4.39 Å². The van der Waals surface area contributed by atoms with Crippen molar-refractivity contribution in [3.8, 4) is 0 Å². The molecule has 1 aromatic rings. The Bertz CT molecular complexity index is 435. The van der Waals surface area contributed by atoms with Crippen molar-refractivity contribution in [1.29, 1.82) is 0 Å². The van der Waals surface area contributed by atoms with Crippen LogP contribution in [0.15, 0.2) is 18.2 Å². The maximum atomic E-state index is 13.3. The molecule has 2 N–H and O–H groups in total. The summed E-state index contributed by atoms with van der Waals surface area (Å²) in [6.45, 7) is 4.44. The fourth-order valence-electron chi connectivity index (χ4n) is 1.95. The fourth-order valence-corrected chi connectivity index (χ4v) is 1.95. The highest BCUT2D eigenvalue weighted by Crippen LogP contribution is 2.27. The van der Waals surface area contributed by atoms with E-state index in [1.165, 1.54) is 12.1 Å². The van der Waals surface area contributed by atoms with E-state index in [9.17, 15) is 14.3 Å². The highest BCUT2D eigenvalue weighted by Gasteiger charge is 2.16. The molecule has 4 nitrogen and oxygen atoms in total. The molecule has 1 amide bonds. The number of rotatable bonds is 6. The van der Waals surface area contributed by atoms with Gasteiger partial charge in [0.15, 0.2) is 0 Å². The Balaban J connectivity index is 3.10. The topological polar surface area (TPSA) is 52.6 Å². The van der Waals surface area contributed by atoms with Crippen LogP contribution in [-0.4, -0.2) is 31.2 Å². The average molecular weight is 268 g/mol. The van der Waals surface area contributed by atoms with Crippen molar-refractivity contribution in [2.75, 3.05) is 25.0 Å². The molecule has 1 aromatic carbocycles. The molecule has 19 heavy (non-hydrogen) atoms. The van der Waals surface area contributed by atoms with Gasteiger partial charge in [0.2, 0.25) is 5.91 Å². The lowest BCUT2D eigenvalue weighted by Gasteiger charge is -2.27. The first-order valence-corrected chi connectivity index (χ1v) is 6.42. The van der Waals surface area contributed by atoms with Crippen molar-refractivity contribution in [2.45, 2.75) is 26.4 Å². The number of benzene rings is 1. The van der Waals surface area contributed by atoms with Crippen LogP contribution in [0.5, 0.6) is 0 Å². The lowest BCUT2D eigenvalue weighted by molar-refractivity contribution is -0.119. The maximum absolute atomic E-state index is 13.3. The number of carbonyl (C=O) groups is 1. The van der Waals surface area contributed by atoms with Gasteiger partial charge in [-0.3, -0.25) is 4.79 Å². The van der Waals surface area contributed by atoms with Crippen LogP contribution in [0.3, 0.4) is 0 Å². The molecule has 0 fully saturated rings. The fraction of sp³-hybridized carbons (Fsp3) is 0.500. The molecule has 1 rings (SSSR count). The Morgan fingerprint density at radius 2 is 2.21 bits per heavy atom. The smallest absolute Gasteiger partial charge is 0.239 e. The van der Waals surface area contributed by atoms with Gasteiger partial charge in [0.1, 0.15) is 5.82 Å². The molecule has 0 spiro atoms. The third-order valence-corrected chi connectivity index (χ3v) is 2.89. The summed E-state index contributed by atoms with van der Waals surface area (Å²) in [5.41, 5.74) is 1.19. The molecule has 106 valence electrons. The van der Waals surface area contributed by atoms with E-state index >= 15 is 0 Å². The molecular formula is C14H21FN2O2. The Labute approximate surface area is 113 Å². The molecule has 0 saturated heterocycles. The lowest BCUT2D eigenvalue weighted by Crippen LogP contribution is -2.36. The van der Waals surface area contributed by atoms with Gasteiger partial charge in [-0.2, -0.15) is 0 Å². The zero-order valence-electron chi connectivity index (χ0n) is 11.6. The second-order valence-electron chi connectivity index (χ2n) is 4.47. The lowest BCUT2D eigenvalue weighted by atomic mass is 10.1. The van der Waals surface area contributed by atoms with E-state index in [2.05, 4.69) is 5.32 Å². The second-order valence-corrected chi connectivity index (χ2v) is 4.47. The molecule has 0 radical (unpaired) electrons. The van der Waals surface area contributed by atoms with E-state index < -0.39 is 11.9 Å². The first kappa shape index (κ1) is 15.4. The van der Waals surface area contributed by atoms with E-state index in [4.69, 9.17) is 0 Å². The summed E-state index contributed by atoms with van der Waals surface area (Å²) in [5, 5.41) is 12.3. The summed E-state index contributed by atoms with van der Waals surface area (Å²) < 4.78 is 13.3. The van der Waals surface area contributed by atoms with Crippen LogP contribution in [0.4, 0.5) is 10.1 Å². The number of aliphatic hydroxyl groups excluding tert-OH is 1. The molecule has 0 heterocycles. The number of likely N-dealkylation sites (N-methyl/N-ethyl adjacent to an activating group) is 1. The quantitative estimate of drug-likeness (QED) is 0.827. The third-order valence-electron chi connectivity index (χ3n) is 2.89. The Hall–Kier alpha value is -1.62. The van der Waals surface area contributed by atoms with Crippen LogP contribution in [0, 0.1) is 5.82 Å². The number of nitrogens with one attached hydrogen (secondary N) is 1. The minimum atomic E-state index is -0.783. The highest BCUT2D eigenvalue weighted by atomic mass is 19.1. The first-order chi connectivity index (χ1) is 8.99. The van der Waals surface area contributed by atoms with Gasteiger partial charge in [0.25, 0.3) is 0 Å². The van der Waals surface area contributed by atoms with Gasteiger partial charge >= 0.3 is 0 Å². The van der Waals surface area contributed by atoms with Crippen molar-refractivity contribution >= 4 is 11.6 Å². The van der Waals surface area contributed by atoms with Crippen LogP contribution in [0.2, 0.25) is 0 Å². The summed E-state index contributed by atoms with van der Waals surface area (Å²) in [4.78, 5) is 13.4. The number of nitrogens with zero attached hydrogens (tertiary/aromatic N) is 1. The Morgan fingerprint density at radius 1 is 1.53 bits per heavy atom.